The topological polar surface area (TPSA) is 66.5 Å². The Balaban J connectivity index is 2.03. The van der Waals surface area contributed by atoms with Crippen molar-refractivity contribution in [3.63, 3.8) is 0 Å². The molecule has 1 amide bonds. The van der Waals surface area contributed by atoms with Crippen LogP contribution in [0.2, 0.25) is 0 Å². The van der Waals surface area contributed by atoms with E-state index in [0.717, 1.165) is 17.0 Å². The number of sulfonamides is 1. The molecule has 152 valence electrons. The lowest BCUT2D eigenvalue weighted by Crippen LogP contribution is -2.31. The fourth-order valence-corrected chi connectivity index (χ4v) is 4.87. The van der Waals surface area contributed by atoms with E-state index in [1.807, 2.05) is 31.2 Å². The Kier molecular flexibility index (Phi) is 8.03. The summed E-state index contributed by atoms with van der Waals surface area (Å²) in [4.78, 5) is 13.3. The largest absolute Gasteiger partial charge is 0.351 e. The Labute approximate surface area is 170 Å². The van der Waals surface area contributed by atoms with Gasteiger partial charge in [-0.05, 0) is 37.3 Å². The molecule has 8 heteroatoms. The third-order valence-corrected chi connectivity index (χ3v) is 7.26. The van der Waals surface area contributed by atoms with Crippen molar-refractivity contribution in [2.45, 2.75) is 30.6 Å². The van der Waals surface area contributed by atoms with Crippen LogP contribution < -0.4 is 5.32 Å². The SMILES string of the molecule is CCN(CC)S(=O)(=O)c1ccc(F)c(C(=O)NCCSc2ccc(C)cc2)c1. The van der Waals surface area contributed by atoms with Crippen molar-refractivity contribution in [1.82, 2.24) is 9.62 Å². The van der Waals surface area contributed by atoms with Gasteiger partial charge in [0.05, 0.1) is 10.5 Å². The van der Waals surface area contributed by atoms with E-state index in [1.54, 1.807) is 25.6 Å². The maximum Gasteiger partial charge on any atom is 0.254 e. The first kappa shape index (κ1) is 22.4. The molecule has 2 aromatic rings. The summed E-state index contributed by atoms with van der Waals surface area (Å²) in [5.74, 6) is -0.755. The number of hydrogen-bond donors (Lipinski definition) is 1. The van der Waals surface area contributed by atoms with E-state index < -0.39 is 21.7 Å². The molecule has 0 aromatic heterocycles. The number of carbonyl (C=O) groups excluding carboxylic acids is 1. The molecule has 0 atom stereocenters. The molecule has 0 bridgehead atoms. The lowest BCUT2D eigenvalue weighted by Gasteiger charge is -2.19. The number of carbonyl (C=O) groups is 1. The normalized spacial score (nSPS) is 11.6. The molecule has 0 aliphatic rings. The van der Waals surface area contributed by atoms with E-state index >= 15 is 0 Å². The van der Waals surface area contributed by atoms with Gasteiger partial charge in [-0.15, -0.1) is 11.8 Å². The van der Waals surface area contributed by atoms with Crippen LogP contribution in [0.1, 0.15) is 29.8 Å². The number of thioether (sulfide) groups is 1. The van der Waals surface area contributed by atoms with E-state index in [0.29, 0.717) is 25.4 Å². The summed E-state index contributed by atoms with van der Waals surface area (Å²) < 4.78 is 40.6. The first-order valence-corrected chi connectivity index (χ1v) is 11.5. The van der Waals surface area contributed by atoms with Crippen molar-refractivity contribution in [3.8, 4) is 0 Å². The highest BCUT2D eigenvalue weighted by Crippen LogP contribution is 2.20. The van der Waals surface area contributed by atoms with Crippen LogP contribution in [0.15, 0.2) is 52.3 Å². The maximum atomic E-state index is 14.1. The van der Waals surface area contributed by atoms with E-state index in [4.69, 9.17) is 0 Å². The van der Waals surface area contributed by atoms with Gasteiger partial charge >= 0.3 is 0 Å². The summed E-state index contributed by atoms with van der Waals surface area (Å²) in [6.45, 7) is 6.40. The molecule has 28 heavy (non-hydrogen) atoms. The number of amides is 1. The standard InChI is InChI=1S/C20H25FN2O3S2/c1-4-23(5-2)28(25,26)17-10-11-19(21)18(14-17)20(24)22-12-13-27-16-8-6-15(3)7-9-16/h6-11,14H,4-5,12-13H2,1-3H3,(H,22,24). The molecule has 0 fully saturated rings. The third-order valence-electron chi connectivity index (χ3n) is 4.20. The van der Waals surface area contributed by atoms with Gasteiger partial charge in [0, 0.05) is 30.3 Å². The maximum absolute atomic E-state index is 14.1. The summed E-state index contributed by atoms with van der Waals surface area (Å²) in [6, 6.07) is 11.3. The molecular formula is C20H25FN2O3S2. The Bertz CT molecular complexity index is 912. The number of hydrogen-bond acceptors (Lipinski definition) is 4. The average Bonchev–Trinajstić information content (AvgIpc) is 2.67. The van der Waals surface area contributed by atoms with E-state index in [1.165, 1.54) is 15.9 Å². The van der Waals surface area contributed by atoms with Crippen molar-refractivity contribution in [2.75, 3.05) is 25.4 Å². The zero-order valence-corrected chi connectivity index (χ0v) is 17.9. The molecule has 0 aliphatic heterocycles. The van der Waals surface area contributed by atoms with Crippen LogP contribution in [-0.2, 0) is 10.0 Å². The van der Waals surface area contributed by atoms with Crippen molar-refractivity contribution in [1.29, 1.82) is 0 Å². The highest BCUT2D eigenvalue weighted by molar-refractivity contribution is 7.99. The van der Waals surface area contributed by atoms with Gasteiger partial charge in [-0.3, -0.25) is 4.79 Å². The molecule has 0 saturated carbocycles. The number of halogens is 1. The Morgan fingerprint density at radius 1 is 1.11 bits per heavy atom. The summed E-state index contributed by atoms with van der Waals surface area (Å²) in [6.07, 6.45) is 0. The number of nitrogens with one attached hydrogen (secondary N) is 1. The summed E-state index contributed by atoms with van der Waals surface area (Å²) in [5.41, 5.74) is 0.904. The van der Waals surface area contributed by atoms with Crippen LogP contribution in [0, 0.1) is 12.7 Å². The quantitative estimate of drug-likeness (QED) is 0.493. The highest BCUT2D eigenvalue weighted by atomic mass is 32.2. The van der Waals surface area contributed by atoms with Crippen LogP contribution in [0.5, 0.6) is 0 Å². The molecule has 2 rings (SSSR count). The van der Waals surface area contributed by atoms with Crippen LogP contribution in [0.3, 0.4) is 0 Å². The van der Waals surface area contributed by atoms with Crippen molar-refractivity contribution >= 4 is 27.7 Å². The van der Waals surface area contributed by atoms with E-state index in [2.05, 4.69) is 5.32 Å². The minimum Gasteiger partial charge on any atom is -0.351 e. The predicted octanol–water partition coefficient (Wildman–Crippen LogP) is 3.69. The first-order chi connectivity index (χ1) is 13.3. The Hall–Kier alpha value is -1.90. The number of nitrogens with zero attached hydrogens (tertiary/aromatic N) is 1. The fraction of sp³-hybridized carbons (Fsp3) is 0.350. The van der Waals surface area contributed by atoms with Gasteiger partial charge in [-0.1, -0.05) is 31.5 Å². The Morgan fingerprint density at radius 2 is 1.75 bits per heavy atom. The second-order valence-electron chi connectivity index (χ2n) is 6.15. The Morgan fingerprint density at radius 3 is 2.36 bits per heavy atom. The van der Waals surface area contributed by atoms with Crippen molar-refractivity contribution < 1.29 is 17.6 Å². The summed E-state index contributed by atoms with van der Waals surface area (Å²) in [5, 5.41) is 2.65. The second-order valence-corrected chi connectivity index (χ2v) is 9.25. The third kappa shape index (κ3) is 5.56. The number of aryl methyl sites for hydroxylation is 1. The minimum absolute atomic E-state index is 0.0863. The lowest BCUT2D eigenvalue weighted by atomic mass is 10.2. The molecule has 2 aromatic carbocycles. The summed E-state index contributed by atoms with van der Waals surface area (Å²) in [7, 11) is -3.76. The van der Waals surface area contributed by atoms with Crippen molar-refractivity contribution in [3.05, 3.63) is 59.4 Å². The minimum atomic E-state index is -3.76. The molecule has 0 unspecified atom stereocenters. The molecule has 0 radical (unpaired) electrons. The van der Waals surface area contributed by atoms with E-state index in [-0.39, 0.29) is 10.5 Å². The van der Waals surface area contributed by atoms with E-state index in [9.17, 15) is 17.6 Å². The molecule has 5 nitrogen and oxygen atoms in total. The monoisotopic (exact) mass is 424 g/mol. The fourth-order valence-electron chi connectivity index (χ4n) is 2.61. The first-order valence-electron chi connectivity index (χ1n) is 9.07. The van der Waals surface area contributed by atoms with Crippen LogP contribution in [0.4, 0.5) is 4.39 Å². The summed E-state index contributed by atoms with van der Waals surface area (Å²) >= 11 is 1.58. The molecule has 0 heterocycles. The second kappa shape index (κ2) is 10.0. The molecule has 0 spiro atoms. The zero-order chi connectivity index (χ0) is 20.7. The smallest absolute Gasteiger partial charge is 0.254 e. The van der Waals surface area contributed by atoms with Gasteiger partial charge in [-0.2, -0.15) is 4.31 Å². The predicted molar refractivity (Wildman–Crippen MR) is 111 cm³/mol. The highest BCUT2D eigenvalue weighted by Gasteiger charge is 2.24. The van der Waals surface area contributed by atoms with Gasteiger partial charge in [0.1, 0.15) is 5.82 Å². The molecule has 1 N–H and O–H groups in total. The zero-order valence-electron chi connectivity index (χ0n) is 16.2. The van der Waals surface area contributed by atoms with Crippen LogP contribution in [-0.4, -0.2) is 44.0 Å². The van der Waals surface area contributed by atoms with Gasteiger partial charge < -0.3 is 5.32 Å². The molecular weight excluding hydrogens is 399 g/mol. The number of rotatable bonds is 9. The van der Waals surface area contributed by atoms with Gasteiger partial charge in [0.2, 0.25) is 10.0 Å². The molecule has 0 aliphatic carbocycles. The average molecular weight is 425 g/mol. The number of benzene rings is 2. The van der Waals surface area contributed by atoms with Gasteiger partial charge in [-0.25, -0.2) is 12.8 Å². The lowest BCUT2D eigenvalue weighted by molar-refractivity contribution is 0.0952. The van der Waals surface area contributed by atoms with Crippen molar-refractivity contribution in [2.24, 2.45) is 0 Å². The van der Waals surface area contributed by atoms with Crippen LogP contribution in [0.25, 0.3) is 0 Å². The van der Waals surface area contributed by atoms with Gasteiger partial charge in [0.25, 0.3) is 5.91 Å². The molecule has 0 saturated heterocycles. The van der Waals surface area contributed by atoms with Gasteiger partial charge in [0.15, 0.2) is 0 Å². The van der Waals surface area contributed by atoms with Crippen LogP contribution >= 0.6 is 11.8 Å².